The van der Waals surface area contributed by atoms with Gasteiger partial charge in [-0.2, -0.15) is 5.26 Å². The Labute approximate surface area is 129 Å². The van der Waals surface area contributed by atoms with Crippen LogP contribution in [0, 0.1) is 17.1 Å². The minimum Gasteiger partial charge on any atom is -0.375 e. The molecule has 0 fully saturated rings. The molecule has 6 heteroatoms. The highest BCUT2D eigenvalue weighted by atomic mass is 79.9. The maximum Gasteiger partial charge on any atom is 0.243 e. The van der Waals surface area contributed by atoms with E-state index < -0.39 is 5.82 Å². The molecule has 0 spiro atoms. The maximum atomic E-state index is 13.4. The van der Waals surface area contributed by atoms with Gasteiger partial charge in [-0.1, -0.05) is 22.0 Å². The Kier molecular flexibility index (Phi) is 4.90. The molecule has 0 heterocycles. The molecule has 1 amide bonds. The summed E-state index contributed by atoms with van der Waals surface area (Å²) in [6.45, 7) is -0.0613. The van der Waals surface area contributed by atoms with Crippen LogP contribution >= 0.6 is 15.9 Å². The molecule has 0 saturated carbocycles. The lowest BCUT2D eigenvalue weighted by Gasteiger charge is -2.09. The van der Waals surface area contributed by atoms with Crippen molar-refractivity contribution in [1.82, 2.24) is 0 Å². The van der Waals surface area contributed by atoms with Crippen LogP contribution in [0.15, 0.2) is 46.9 Å². The molecule has 106 valence electrons. The van der Waals surface area contributed by atoms with Gasteiger partial charge in [0.25, 0.3) is 0 Å². The molecule has 2 rings (SSSR count). The fraction of sp³-hybridized carbons (Fsp3) is 0.0667. The van der Waals surface area contributed by atoms with E-state index in [0.29, 0.717) is 11.4 Å². The number of nitriles is 1. The number of rotatable bonds is 4. The quantitative estimate of drug-likeness (QED) is 0.889. The van der Waals surface area contributed by atoms with Gasteiger partial charge < -0.3 is 10.6 Å². The fourth-order valence-corrected chi connectivity index (χ4v) is 1.96. The Balaban J connectivity index is 1.97. The molecule has 4 nitrogen and oxygen atoms in total. The van der Waals surface area contributed by atoms with Crippen molar-refractivity contribution in [3.05, 3.63) is 58.3 Å². The zero-order valence-electron chi connectivity index (χ0n) is 10.9. The zero-order valence-corrected chi connectivity index (χ0v) is 12.4. The average Bonchev–Trinajstić information content (AvgIpc) is 2.47. The van der Waals surface area contributed by atoms with Crippen LogP contribution in [0.4, 0.5) is 15.8 Å². The van der Waals surface area contributed by atoms with E-state index in [4.69, 9.17) is 5.26 Å². The van der Waals surface area contributed by atoms with Gasteiger partial charge in [-0.05, 0) is 36.4 Å². The Morgan fingerprint density at radius 1 is 1.24 bits per heavy atom. The smallest absolute Gasteiger partial charge is 0.243 e. The van der Waals surface area contributed by atoms with Crippen LogP contribution in [0.5, 0.6) is 0 Å². The third kappa shape index (κ3) is 4.04. The van der Waals surface area contributed by atoms with Crippen LogP contribution < -0.4 is 10.6 Å². The highest BCUT2D eigenvalue weighted by molar-refractivity contribution is 9.10. The zero-order chi connectivity index (χ0) is 15.2. The first-order valence-electron chi connectivity index (χ1n) is 6.08. The number of hydrogen-bond acceptors (Lipinski definition) is 3. The predicted molar refractivity (Wildman–Crippen MR) is 82.4 cm³/mol. The number of nitrogens with zero attached hydrogens (tertiary/aromatic N) is 1. The topological polar surface area (TPSA) is 64.9 Å². The SMILES string of the molecule is N#Cc1c(F)cccc1NCC(=O)Nc1ccc(Br)cc1. The van der Waals surface area contributed by atoms with Gasteiger partial charge in [0.15, 0.2) is 0 Å². The lowest BCUT2D eigenvalue weighted by molar-refractivity contribution is -0.114. The van der Waals surface area contributed by atoms with Crippen molar-refractivity contribution >= 4 is 33.2 Å². The van der Waals surface area contributed by atoms with Crippen LogP contribution in [0.2, 0.25) is 0 Å². The molecule has 0 atom stereocenters. The minimum atomic E-state index is -0.615. The molecule has 0 aliphatic rings. The lowest BCUT2D eigenvalue weighted by Crippen LogP contribution is -2.22. The van der Waals surface area contributed by atoms with E-state index in [1.165, 1.54) is 12.1 Å². The van der Waals surface area contributed by atoms with Crippen LogP contribution in [-0.4, -0.2) is 12.5 Å². The Morgan fingerprint density at radius 3 is 2.62 bits per heavy atom. The molecule has 0 saturated heterocycles. The second kappa shape index (κ2) is 6.86. The van der Waals surface area contributed by atoms with Crippen molar-refractivity contribution in [3.63, 3.8) is 0 Å². The van der Waals surface area contributed by atoms with E-state index in [2.05, 4.69) is 26.6 Å². The van der Waals surface area contributed by atoms with Crippen LogP contribution in [-0.2, 0) is 4.79 Å². The van der Waals surface area contributed by atoms with Crippen LogP contribution in [0.3, 0.4) is 0 Å². The number of carbonyl (C=O) groups is 1. The van der Waals surface area contributed by atoms with Crippen molar-refractivity contribution < 1.29 is 9.18 Å². The van der Waals surface area contributed by atoms with Gasteiger partial charge in [-0.15, -0.1) is 0 Å². The van der Waals surface area contributed by atoms with E-state index in [1.807, 2.05) is 12.1 Å². The van der Waals surface area contributed by atoms with Crippen molar-refractivity contribution in [2.75, 3.05) is 17.2 Å². The minimum absolute atomic E-state index is 0.0613. The number of anilines is 2. The molecule has 2 aromatic rings. The standard InChI is InChI=1S/C15H11BrFN3O/c16-10-4-6-11(7-5-10)20-15(21)9-19-14-3-1-2-13(17)12(14)8-18/h1-7,19H,9H2,(H,20,21). The second-order valence-corrected chi connectivity index (χ2v) is 5.10. The number of nitrogens with one attached hydrogen (secondary N) is 2. The van der Waals surface area contributed by atoms with Crippen LogP contribution in [0.25, 0.3) is 0 Å². The highest BCUT2D eigenvalue weighted by Crippen LogP contribution is 2.18. The summed E-state index contributed by atoms with van der Waals surface area (Å²) in [5.74, 6) is -0.902. The molecule has 0 aliphatic carbocycles. The highest BCUT2D eigenvalue weighted by Gasteiger charge is 2.09. The summed E-state index contributed by atoms with van der Waals surface area (Å²) >= 11 is 3.30. The molecular formula is C15H11BrFN3O. The molecular weight excluding hydrogens is 337 g/mol. The first-order chi connectivity index (χ1) is 10.1. The van der Waals surface area contributed by atoms with E-state index in [1.54, 1.807) is 24.3 Å². The third-order valence-corrected chi connectivity index (χ3v) is 3.22. The average molecular weight is 348 g/mol. The lowest BCUT2D eigenvalue weighted by atomic mass is 10.2. The van der Waals surface area contributed by atoms with Gasteiger partial charge in [0, 0.05) is 10.2 Å². The van der Waals surface area contributed by atoms with E-state index >= 15 is 0 Å². The van der Waals surface area contributed by atoms with Gasteiger partial charge in [0.05, 0.1) is 12.2 Å². The number of carbonyl (C=O) groups excluding carboxylic acids is 1. The monoisotopic (exact) mass is 347 g/mol. The first-order valence-corrected chi connectivity index (χ1v) is 6.87. The maximum absolute atomic E-state index is 13.4. The van der Waals surface area contributed by atoms with Crippen molar-refractivity contribution in [2.45, 2.75) is 0 Å². The third-order valence-electron chi connectivity index (χ3n) is 2.69. The largest absolute Gasteiger partial charge is 0.375 e. The molecule has 2 aromatic carbocycles. The van der Waals surface area contributed by atoms with Crippen molar-refractivity contribution in [1.29, 1.82) is 5.26 Å². The summed E-state index contributed by atoms with van der Waals surface area (Å²) in [5, 5.41) is 14.3. The predicted octanol–water partition coefficient (Wildman–Crippen LogP) is 3.51. The summed E-state index contributed by atoms with van der Waals surface area (Å²) < 4.78 is 14.3. The van der Waals surface area contributed by atoms with Gasteiger partial charge in [0.1, 0.15) is 17.4 Å². The van der Waals surface area contributed by atoms with E-state index in [-0.39, 0.29) is 18.0 Å². The molecule has 0 radical (unpaired) electrons. The normalized spacial score (nSPS) is 9.76. The van der Waals surface area contributed by atoms with Crippen molar-refractivity contribution in [3.8, 4) is 6.07 Å². The van der Waals surface area contributed by atoms with Crippen molar-refractivity contribution in [2.24, 2.45) is 0 Å². The summed E-state index contributed by atoms with van der Waals surface area (Å²) in [5.41, 5.74) is 0.849. The first kappa shape index (κ1) is 15.0. The molecule has 2 N–H and O–H groups in total. The molecule has 0 aromatic heterocycles. The second-order valence-electron chi connectivity index (χ2n) is 4.18. The molecule has 0 unspecified atom stereocenters. The summed E-state index contributed by atoms with van der Waals surface area (Å²) in [7, 11) is 0. The number of benzene rings is 2. The fourth-order valence-electron chi connectivity index (χ4n) is 1.70. The Bertz CT molecular complexity index is 695. The van der Waals surface area contributed by atoms with E-state index in [0.717, 1.165) is 4.47 Å². The number of halogens is 2. The van der Waals surface area contributed by atoms with Gasteiger partial charge in [0.2, 0.25) is 5.91 Å². The molecule has 0 bridgehead atoms. The van der Waals surface area contributed by atoms with Crippen LogP contribution in [0.1, 0.15) is 5.56 Å². The Morgan fingerprint density at radius 2 is 1.95 bits per heavy atom. The van der Waals surface area contributed by atoms with E-state index in [9.17, 15) is 9.18 Å². The molecule has 0 aliphatic heterocycles. The number of hydrogen-bond donors (Lipinski definition) is 2. The number of amides is 1. The molecule has 21 heavy (non-hydrogen) atoms. The van der Waals surface area contributed by atoms with Gasteiger partial charge >= 0.3 is 0 Å². The van der Waals surface area contributed by atoms with Gasteiger partial charge in [-0.3, -0.25) is 4.79 Å². The Hall–Kier alpha value is -2.39. The summed E-state index contributed by atoms with van der Waals surface area (Å²) in [6, 6.07) is 13.1. The summed E-state index contributed by atoms with van der Waals surface area (Å²) in [6.07, 6.45) is 0. The van der Waals surface area contributed by atoms with Gasteiger partial charge in [-0.25, -0.2) is 4.39 Å². The summed E-state index contributed by atoms with van der Waals surface area (Å²) in [4.78, 5) is 11.8.